The summed E-state index contributed by atoms with van der Waals surface area (Å²) in [7, 11) is 0. The molecule has 1 atom stereocenters. The summed E-state index contributed by atoms with van der Waals surface area (Å²) in [4.78, 5) is 33.6. The highest BCUT2D eigenvalue weighted by Crippen LogP contribution is 2.29. The molecule has 7 nitrogen and oxygen atoms in total. The fraction of sp³-hybridized carbons (Fsp3) is 0.583. The van der Waals surface area contributed by atoms with Gasteiger partial charge in [-0.25, -0.2) is 0 Å². The van der Waals surface area contributed by atoms with Crippen LogP contribution in [-0.2, 0) is 16.0 Å². The molecule has 2 aromatic rings. The summed E-state index contributed by atoms with van der Waals surface area (Å²) < 4.78 is 5.33. The zero-order valence-electron chi connectivity index (χ0n) is 18.5. The Morgan fingerprint density at radius 3 is 2.55 bits per heavy atom. The van der Waals surface area contributed by atoms with Crippen LogP contribution in [-0.4, -0.2) is 57.4 Å². The molecule has 0 N–H and O–H groups in total. The molecule has 1 aromatic carbocycles. The van der Waals surface area contributed by atoms with Gasteiger partial charge in [0.15, 0.2) is 5.82 Å². The fourth-order valence-corrected chi connectivity index (χ4v) is 4.71. The Hall–Kier alpha value is -2.70. The lowest BCUT2D eigenvalue weighted by atomic mass is 10.0. The third-order valence-corrected chi connectivity index (χ3v) is 6.62. The van der Waals surface area contributed by atoms with Crippen LogP contribution in [0.3, 0.4) is 0 Å². The van der Waals surface area contributed by atoms with E-state index >= 15 is 0 Å². The zero-order chi connectivity index (χ0) is 21.8. The Balaban J connectivity index is 1.27. The molecule has 1 saturated heterocycles. The first-order valence-electron chi connectivity index (χ1n) is 11.5. The molecule has 31 heavy (non-hydrogen) atoms. The van der Waals surface area contributed by atoms with Crippen molar-refractivity contribution >= 4 is 11.8 Å². The standard InChI is InChI=1S/C24H32N4O3/c1-17-7-10-20(11-8-17)24-25-21(26-31-24)15-23(30)27-13-14-28(18(2)16-27)22(29)12-9-19-5-3-4-6-19/h7-8,10-11,18-19H,3-6,9,12-16H2,1-2H3. The van der Waals surface area contributed by atoms with Crippen molar-refractivity contribution in [3.05, 3.63) is 35.7 Å². The van der Waals surface area contributed by atoms with Crippen molar-refractivity contribution in [1.82, 2.24) is 19.9 Å². The van der Waals surface area contributed by atoms with Gasteiger partial charge in [-0.3, -0.25) is 9.59 Å². The van der Waals surface area contributed by atoms with Crippen LogP contribution in [0.5, 0.6) is 0 Å². The summed E-state index contributed by atoms with van der Waals surface area (Å²) >= 11 is 0. The highest BCUT2D eigenvalue weighted by atomic mass is 16.5. The van der Waals surface area contributed by atoms with Gasteiger partial charge in [-0.2, -0.15) is 4.98 Å². The number of rotatable bonds is 6. The number of carbonyl (C=O) groups excluding carboxylic acids is 2. The summed E-state index contributed by atoms with van der Waals surface area (Å²) in [6.07, 6.45) is 6.91. The Bertz CT molecular complexity index is 902. The average Bonchev–Trinajstić information content (AvgIpc) is 3.45. The van der Waals surface area contributed by atoms with E-state index in [1.807, 2.05) is 47.9 Å². The number of piperazine rings is 1. The van der Waals surface area contributed by atoms with E-state index in [-0.39, 0.29) is 24.3 Å². The van der Waals surface area contributed by atoms with Crippen molar-refractivity contribution in [2.75, 3.05) is 19.6 Å². The number of carbonyl (C=O) groups is 2. The summed E-state index contributed by atoms with van der Waals surface area (Å²) in [5.41, 5.74) is 2.00. The van der Waals surface area contributed by atoms with Gasteiger partial charge in [-0.1, -0.05) is 48.5 Å². The lowest BCUT2D eigenvalue weighted by Gasteiger charge is -2.40. The van der Waals surface area contributed by atoms with Crippen LogP contribution < -0.4 is 0 Å². The summed E-state index contributed by atoms with van der Waals surface area (Å²) in [6.45, 7) is 5.75. The topological polar surface area (TPSA) is 79.5 Å². The maximum Gasteiger partial charge on any atom is 0.257 e. The molecule has 1 unspecified atom stereocenters. The van der Waals surface area contributed by atoms with E-state index in [9.17, 15) is 9.59 Å². The van der Waals surface area contributed by atoms with Crippen molar-refractivity contribution in [3.63, 3.8) is 0 Å². The molecule has 4 rings (SSSR count). The molecule has 2 amide bonds. The first kappa shape index (κ1) is 21.5. The third-order valence-electron chi connectivity index (χ3n) is 6.62. The van der Waals surface area contributed by atoms with E-state index in [0.29, 0.717) is 37.8 Å². The minimum atomic E-state index is -0.0267. The van der Waals surface area contributed by atoms with E-state index in [0.717, 1.165) is 23.5 Å². The maximum absolute atomic E-state index is 12.8. The van der Waals surface area contributed by atoms with Gasteiger partial charge in [0.1, 0.15) is 0 Å². The van der Waals surface area contributed by atoms with E-state index in [1.165, 1.54) is 25.7 Å². The number of amides is 2. The van der Waals surface area contributed by atoms with Gasteiger partial charge < -0.3 is 14.3 Å². The van der Waals surface area contributed by atoms with Crippen LogP contribution in [0.15, 0.2) is 28.8 Å². The highest BCUT2D eigenvalue weighted by molar-refractivity contribution is 5.80. The lowest BCUT2D eigenvalue weighted by Crippen LogP contribution is -2.55. The van der Waals surface area contributed by atoms with Crippen LogP contribution in [0.4, 0.5) is 0 Å². The van der Waals surface area contributed by atoms with Crippen molar-refractivity contribution < 1.29 is 14.1 Å². The van der Waals surface area contributed by atoms with Crippen LogP contribution >= 0.6 is 0 Å². The van der Waals surface area contributed by atoms with Gasteiger partial charge in [-0.15, -0.1) is 0 Å². The second-order valence-electron chi connectivity index (χ2n) is 9.02. The fourth-order valence-electron chi connectivity index (χ4n) is 4.71. The molecule has 1 aromatic heterocycles. The van der Waals surface area contributed by atoms with Gasteiger partial charge in [0.25, 0.3) is 5.89 Å². The van der Waals surface area contributed by atoms with E-state index in [2.05, 4.69) is 10.1 Å². The molecule has 2 fully saturated rings. The van der Waals surface area contributed by atoms with Crippen LogP contribution in [0, 0.1) is 12.8 Å². The summed E-state index contributed by atoms with van der Waals surface area (Å²) in [5.74, 6) is 1.74. The van der Waals surface area contributed by atoms with Crippen LogP contribution in [0.1, 0.15) is 56.8 Å². The van der Waals surface area contributed by atoms with Crippen molar-refractivity contribution in [2.24, 2.45) is 5.92 Å². The molecule has 166 valence electrons. The predicted molar refractivity (Wildman–Crippen MR) is 117 cm³/mol. The molecule has 7 heteroatoms. The van der Waals surface area contributed by atoms with E-state index in [1.54, 1.807) is 0 Å². The summed E-state index contributed by atoms with van der Waals surface area (Å²) in [6, 6.07) is 7.86. The van der Waals surface area contributed by atoms with Crippen LogP contribution in [0.25, 0.3) is 11.5 Å². The number of hydrogen-bond acceptors (Lipinski definition) is 5. The number of nitrogens with zero attached hydrogens (tertiary/aromatic N) is 4. The minimum Gasteiger partial charge on any atom is -0.338 e. The zero-order valence-corrected chi connectivity index (χ0v) is 18.5. The first-order chi connectivity index (χ1) is 15.0. The Labute approximate surface area is 183 Å². The normalized spacial score (nSPS) is 19.7. The molecule has 2 aliphatic rings. The van der Waals surface area contributed by atoms with Gasteiger partial charge >= 0.3 is 0 Å². The van der Waals surface area contributed by atoms with Crippen molar-refractivity contribution in [2.45, 2.75) is 64.8 Å². The van der Waals surface area contributed by atoms with Gasteiger partial charge in [0, 0.05) is 37.7 Å². The molecule has 0 bridgehead atoms. The van der Waals surface area contributed by atoms with Crippen LogP contribution in [0.2, 0.25) is 0 Å². The van der Waals surface area contributed by atoms with Gasteiger partial charge in [0.05, 0.1) is 6.42 Å². The Morgan fingerprint density at radius 2 is 1.84 bits per heavy atom. The molecule has 1 saturated carbocycles. The second kappa shape index (κ2) is 9.62. The number of aryl methyl sites for hydroxylation is 1. The lowest BCUT2D eigenvalue weighted by molar-refractivity contribution is -0.142. The molecule has 0 spiro atoms. The SMILES string of the molecule is Cc1ccc(-c2nc(CC(=O)N3CCN(C(=O)CCC4CCCC4)C(C)C3)no2)cc1. The van der Waals surface area contributed by atoms with Crippen molar-refractivity contribution in [3.8, 4) is 11.5 Å². The molecule has 1 aliphatic carbocycles. The number of aromatic nitrogens is 2. The molecule has 1 aliphatic heterocycles. The third kappa shape index (κ3) is 5.32. The quantitative estimate of drug-likeness (QED) is 0.708. The Kier molecular flexibility index (Phi) is 6.68. The smallest absolute Gasteiger partial charge is 0.257 e. The molecule has 0 radical (unpaired) electrons. The first-order valence-corrected chi connectivity index (χ1v) is 11.5. The maximum atomic E-state index is 12.8. The Morgan fingerprint density at radius 1 is 1.10 bits per heavy atom. The van der Waals surface area contributed by atoms with E-state index < -0.39 is 0 Å². The number of hydrogen-bond donors (Lipinski definition) is 0. The van der Waals surface area contributed by atoms with Crippen molar-refractivity contribution in [1.29, 1.82) is 0 Å². The minimum absolute atomic E-state index is 0.0267. The van der Waals surface area contributed by atoms with Gasteiger partial charge in [-0.05, 0) is 38.3 Å². The molecule has 2 heterocycles. The monoisotopic (exact) mass is 424 g/mol. The molecular weight excluding hydrogens is 392 g/mol. The largest absolute Gasteiger partial charge is 0.338 e. The highest BCUT2D eigenvalue weighted by Gasteiger charge is 2.30. The van der Waals surface area contributed by atoms with E-state index in [4.69, 9.17) is 4.52 Å². The van der Waals surface area contributed by atoms with Gasteiger partial charge in [0.2, 0.25) is 11.8 Å². The second-order valence-corrected chi connectivity index (χ2v) is 9.02. The number of benzene rings is 1. The summed E-state index contributed by atoms with van der Waals surface area (Å²) in [5, 5.41) is 3.98. The predicted octanol–water partition coefficient (Wildman–Crippen LogP) is 3.62. The molecular formula is C24H32N4O3. The average molecular weight is 425 g/mol.